The highest BCUT2D eigenvalue weighted by atomic mass is 16.3. The van der Waals surface area contributed by atoms with Gasteiger partial charge in [-0.05, 0) is 31.5 Å². The Morgan fingerprint density at radius 1 is 1.58 bits per heavy atom. The minimum Gasteiger partial charge on any atom is -0.505 e. The van der Waals surface area contributed by atoms with Gasteiger partial charge in [0.25, 0.3) is 5.91 Å². The lowest BCUT2D eigenvalue weighted by molar-refractivity contribution is 0.0697. The molecule has 6 nitrogen and oxygen atoms in total. The topological polar surface area (TPSA) is 85.7 Å². The van der Waals surface area contributed by atoms with E-state index in [9.17, 15) is 9.90 Å². The van der Waals surface area contributed by atoms with Crippen LogP contribution in [0.2, 0.25) is 0 Å². The van der Waals surface area contributed by atoms with E-state index in [1.807, 2.05) is 0 Å². The molecule has 6 heteroatoms. The first-order valence-electron chi connectivity index (χ1n) is 6.50. The second-order valence-electron chi connectivity index (χ2n) is 4.64. The lowest BCUT2D eigenvalue weighted by Gasteiger charge is -2.25. The summed E-state index contributed by atoms with van der Waals surface area (Å²) in [7, 11) is 0. The van der Waals surface area contributed by atoms with E-state index in [4.69, 9.17) is 5.11 Å². The maximum Gasteiger partial charge on any atom is 0.276 e. The van der Waals surface area contributed by atoms with Gasteiger partial charge in [-0.2, -0.15) is 0 Å². The molecule has 1 atom stereocenters. The van der Waals surface area contributed by atoms with Crippen LogP contribution < -0.4 is 5.32 Å². The maximum absolute atomic E-state index is 12.3. The number of aromatic hydroxyl groups is 1. The van der Waals surface area contributed by atoms with Crippen molar-refractivity contribution in [1.29, 1.82) is 0 Å². The van der Waals surface area contributed by atoms with E-state index in [-0.39, 0.29) is 36.5 Å². The van der Waals surface area contributed by atoms with Crippen LogP contribution in [0.3, 0.4) is 0 Å². The van der Waals surface area contributed by atoms with E-state index >= 15 is 0 Å². The van der Waals surface area contributed by atoms with Gasteiger partial charge < -0.3 is 20.4 Å². The van der Waals surface area contributed by atoms with Crippen LogP contribution in [0, 0.1) is 0 Å². The minimum absolute atomic E-state index is 0.0361. The van der Waals surface area contributed by atoms with E-state index < -0.39 is 0 Å². The number of carbonyl (C=O) groups is 1. The zero-order chi connectivity index (χ0) is 13.7. The van der Waals surface area contributed by atoms with Crippen molar-refractivity contribution in [3.63, 3.8) is 0 Å². The lowest BCUT2D eigenvalue weighted by atomic mass is 10.2. The van der Waals surface area contributed by atoms with E-state index in [1.165, 1.54) is 17.2 Å². The molecule has 1 amide bonds. The number of aromatic nitrogens is 1. The highest BCUT2D eigenvalue weighted by Gasteiger charge is 2.24. The monoisotopic (exact) mass is 265 g/mol. The van der Waals surface area contributed by atoms with Crippen molar-refractivity contribution in [2.45, 2.75) is 18.9 Å². The number of hydrogen-bond acceptors (Lipinski definition) is 5. The van der Waals surface area contributed by atoms with Gasteiger partial charge in [0.2, 0.25) is 0 Å². The standard InChI is InChI=1S/C13H19N3O3/c17-8-7-16(9-10-3-1-5-14-10)13(19)12-11(18)4-2-6-15-12/h2,4,6,10,14,17-18H,1,3,5,7-9H2. The predicted molar refractivity (Wildman–Crippen MR) is 69.9 cm³/mol. The third kappa shape index (κ3) is 3.42. The van der Waals surface area contributed by atoms with Crippen LogP contribution in [0.25, 0.3) is 0 Å². The third-order valence-electron chi connectivity index (χ3n) is 3.25. The molecule has 2 heterocycles. The van der Waals surface area contributed by atoms with Crippen LogP contribution in [0.15, 0.2) is 18.3 Å². The zero-order valence-electron chi connectivity index (χ0n) is 10.7. The van der Waals surface area contributed by atoms with Crippen molar-refractivity contribution in [2.24, 2.45) is 0 Å². The Balaban J connectivity index is 2.09. The molecule has 2 rings (SSSR count). The fourth-order valence-corrected chi connectivity index (χ4v) is 2.29. The molecule has 1 aromatic heterocycles. The van der Waals surface area contributed by atoms with Crippen molar-refractivity contribution in [1.82, 2.24) is 15.2 Å². The van der Waals surface area contributed by atoms with E-state index in [1.54, 1.807) is 6.07 Å². The number of nitrogens with one attached hydrogen (secondary N) is 1. The molecule has 1 unspecified atom stereocenters. The minimum atomic E-state index is -0.346. The second-order valence-corrected chi connectivity index (χ2v) is 4.64. The zero-order valence-corrected chi connectivity index (χ0v) is 10.7. The third-order valence-corrected chi connectivity index (χ3v) is 3.25. The molecule has 0 aliphatic carbocycles. The van der Waals surface area contributed by atoms with Crippen molar-refractivity contribution < 1.29 is 15.0 Å². The summed E-state index contributed by atoms with van der Waals surface area (Å²) in [5.41, 5.74) is 0.0361. The molecule has 1 aliphatic heterocycles. The smallest absolute Gasteiger partial charge is 0.276 e. The van der Waals surface area contributed by atoms with E-state index in [2.05, 4.69) is 10.3 Å². The summed E-state index contributed by atoms with van der Waals surface area (Å²) < 4.78 is 0. The number of rotatable bonds is 5. The quantitative estimate of drug-likeness (QED) is 0.696. The Morgan fingerprint density at radius 2 is 2.42 bits per heavy atom. The molecule has 0 saturated carbocycles. The van der Waals surface area contributed by atoms with Gasteiger partial charge >= 0.3 is 0 Å². The average molecular weight is 265 g/mol. The molecule has 1 aliphatic rings. The Bertz CT molecular complexity index is 433. The molecule has 1 fully saturated rings. The first-order chi connectivity index (χ1) is 9.22. The van der Waals surface area contributed by atoms with Crippen molar-refractivity contribution in [2.75, 3.05) is 26.2 Å². The summed E-state index contributed by atoms with van der Waals surface area (Å²) in [5.74, 6) is -0.476. The fourth-order valence-electron chi connectivity index (χ4n) is 2.29. The van der Waals surface area contributed by atoms with E-state index in [0.717, 1.165) is 19.4 Å². The average Bonchev–Trinajstić information content (AvgIpc) is 2.91. The van der Waals surface area contributed by atoms with Gasteiger partial charge in [-0.25, -0.2) is 4.98 Å². The van der Waals surface area contributed by atoms with Gasteiger partial charge in [0, 0.05) is 25.3 Å². The molecule has 104 valence electrons. The summed E-state index contributed by atoms with van der Waals surface area (Å²) >= 11 is 0. The van der Waals surface area contributed by atoms with Gasteiger partial charge in [-0.15, -0.1) is 0 Å². The van der Waals surface area contributed by atoms with Crippen LogP contribution in [-0.4, -0.2) is 58.3 Å². The molecule has 1 aromatic rings. The number of carbonyl (C=O) groups excluding carboxylic acids is 1. The largest absolute Gasteiger partial charge is 0.505 e. The maximum atomic E-state index is 12.3. The Kier molecular flexibility index (Phi) is 4.70. The first-order valence-corrected chi connectivity index (χ1v) is 6.50. The highest BCUT2D eigenvalue weighted by Crippen LogP contribution is 2.16. The molecule has 19 heavy (non-hydrogen) atoms. The van der Waals surface area contributed by atoms with Crippen LogP contribution in [-0.2, 0) is 0 Å². The normalized spacial score (nSPS) is 18.5. The van der Waals surface area contributed by atoms with Crippen molar-refractivity contribution in [3.05, 3.63) is 24.0 Å². The van der Waals surface area contributed by atoms with Gasteiger partial charge in [0.05, 0.1) is 6.61 Å². The Morgan fingerprint density at radius 3 is 3.05 bits per heavy atom. The van der Waals surface area contributed by atoms with Crippen LogP contribution >= 0.6 is 0 Å². The molecule has 0 bridgehead atoms. The predicted octanol–water partition coefficient (Wildman–Crippen LogP) is -0.0263. The molecule has 3 N–H and O–H groups in total. The van der Waals surface area contributed by atoms with Crippen LogP contribution in [0.4, 0.5) is 0 Å². The van der Waals surface area contributed by atoms with Gasteiger partial charge in [-0.1, -0.05) is 0 Å². The van der Waals surface area contributed by atoms with Gasteiger partial charge in [0.1, 0.15) is 5.75 Å². The number of nitrogens with zero attached hydrogens (tertiary/aromatic N) is 2. The molecule has 0 spiro atoms. The first kappa shape index (κ1) is 13.8. The van der Waals surface area contributed by atoms with Crippen LogP contribution in [0.1, 0.15) is 23.3 Å². The summed E-state index contributed by atoms with van der Waals surface area (Å²) in [4.78, 5) is 17.8. The summed E-state index contributed by atoms with van der Waals surface area (Å²) in [6.07, 6.45) is 3.59. The van der Waals surface area contributed by atoms with Crippen molar-refractivity contribution >= 4 is 5.91 Å². The number of pyridine rings is 1. The molecular weight excluding hydrogens is 246 g/mol. The van der Waals surface area contributed by atoms with E-state index in [0.29, 0.717) is 6.54 Å². The molecule has 0 aromatic carbocycles. The van der Waals surface area contributed by atoms with Crippen LogP contribution in [0.5, 0.6) is 5.75 Å². The summed E-state index contributed by atoms with van der Waals surface area (Å²) in [6, 6.07) is 3.26. The van der Waals surface area contributed by atoms with Crippen molar-refractivity contribution in [3.8, 4) is 5.75 Å². The fraction of sp³-hybridized carbons (Fsp3) is 0.538. The highest BCUT2D eigenvalue weighted by molar-refractivity contribution is 5.94. The number of aliphatic hydroxyl groups excluding tert-OH is 1. The SMILES string of the molecule is O=C(c1ncccc1O)N(CCO)CC1CCCN1. The Labute approximate surface area is 112 Å². The van der Waals surface area contributed by atoms with Gasteiger partial charge in [-0.3, -0.25) is 4.79 Å². The Hall–Kier alpha value is -1.66. The summed E-state index contributed by atoms with van der Waals surface area (Å²) in [6.45, 7) is 1.62. The molecule has 1 saturated heterocycles. The second kappa shape index (κ2) is 6.49. The number of hydrogen-bond donors (Lipinski definition) is 3. The molecule has 0 radical (unpaired) electrons. The number of amides is 1. The molecular formula is C13H19N3O3. The summed E-state index contributed by atoms with van der Waals surface area (Å²) in [5, 5.41) is 22.1. The number of aliphatic hydroxyl groups is 1. The van der Waals surface area contributed by atoms with Gasteiger partial charge in [0.15, 0.2) is 5.69 Å². The lowest BCUT2D eigenvalue weighted by Crippen LogP contribution is -2.42.